The number of rotatable bonds is 8. The molecule has 16 heavy (non-hydrogen) atoms. The van der Waals surface area contributed by atoms with Crippen LogP contribution < -0.4 is 5.32 Å². The second-order valence-electron chi connectivity index (χ2n) is 4.12. The Morgan fingerprint density at radius 2 is 2.31 bits per heavy atom. The number of ether oxygens (including phenoxy) is 1. The second-order valence-corrected chi connectivity index (χ2v) is 4.12. The van der Waals surface area contributed by atoms with Crippen LogP contribution in [0.2, 0.25) is 0 Å². The van der Waals surface area contributed by atoms with E-state index in [1.54, 1.807) is 0 Å². The maximum Gasteiger partial charge on any atom is 0.252 e. The lowest BCUT2D eigenvalue weighted by Gasteiger charge is -2.02. The molecule has 0 spiro atoms. The van der Waals surface area contributed by atoms with E-state index in [9.17, 15) is 0 Å². The van der Waals surface area contributed by atoms with Crippen molar-refractivity contribution in [1.82, 2.24) is 15.5 Å². The van der Waals surface area contributed by atoms with Crippen LogP contribution in [0, 0.1) is 0 Å². The van der Waals surface area contributed by atoms with Gasteiger partial charge in [-0.1, -0.05) is 12.1 Å². The molecule has 0 aromatic carbocycles. The molecule has 0 bridgehead atoms. The Bertz CT molecular complexity index is 310. The monoisotopic (exact) mass is 225 g/mol. The molecular formula is C11H19N3O2. The largest absolute Gasteiger partial charge is 0.370 e. The highest BCUT2D eigenvalue weighted by atomic mass is 16.5. The molecule has 1 aliphatic rings. The molecule has 5 nitrogen and oxygen atoms in total. The Labute approximate surface area is 95.6 Å². The summed E-state index contributed by atoms with van der Waals surface area (Å²) in [5.41, 5.74) is 0. The molecule has 1 N–H and O–H groups in total. The van der Waals surface area contributed by atoms with Gasteiger partial charge in [-0.15, -0.1) is 0 Å². The predicted molar refractivity (Wildman–Crippen MR) is 59.1 cm³/mol. The first kappa shape index (κ1) is 11.5. The molecule has 2 rings (SSSR count). The molecular weight excluding hydrogens is 206 g/mol. The van der Waals surface area contributed by atoms with Gasteiger partial charge in [-0.3, -0.25) is 0 Å². The van der Waals surface area contributed by atoms with Crippen LogP contribution >= 0.6 is 0 Å². The number of hydrogen-bond donors (Lipinski definition) is 1. The van der Waals surface area contributed by atoms with Crippen LogP contribution in [-0.2, 0) is 11.3 Å². The van der Waals surface area contributed by atoms with Crippen LogP contribution in [0.25, 0.3) is 0 Å². The number of nitrogens with zero attached hydrogens (tertiary/aromatic N) is 2. The topological polar surface area (TPSA) is 60.2 Å². The predicted octanol–water partition coefficient (Wildman–Crippen LogP) is 1.46. The van der Waals surface area contributed by atoms with Crippen molar-refractivity contribution in [3.63, 3.8) is 0 Å². The molecule has 5 heteroatoms. The molecule has 90 valence electrons. The third-order valence-electron chi connectivity index (χ3n) is 2.50. The summed E-state index contributed by atoms with van der Waals surface area (Å²) in [5.74, 6) is 1.99. The zero-order valence-corrected chi connectivity index (χ0v) is 9.74. The first-order valence-corrected chi connectivity index (χ1v) is 6.01. The summed E-state index contributed by atoms with van der Waals surface area (Å²) in [5, 5.41) is 7.19. The fourth-order valence-electron chi connectivity index (χ4n) is 1.44. The van der Waals surface area contributed by atoms with Crippen LogP contribution in [-0.4, -0.2) is 29.8 Å². The molecule has 0 radical (unpaired) electrons. The third kappa shape index (κ3) is 3.57. The molecule has 1 aromatic rings. The Morgan fingerprint density at radius 1 is 1.44 bits per heavy atom. The highest BCUT2D eigenvalue weighted by Crippen LogP contribution is 2.38. The van der Waals surface area contributed by atoms with E-state index in [0.29, 0.717) is 25.0 Å². The molecule has 1 saturated carbocycles. The maximum atomic E-state index is 5.42. The lowest BCUT2D eigenvalue weighted by molar-refractivity contribution is 0.0995. The first-order valence-electron chi connectivity index (χ1n) is 6.01. The average Bonchev–Trinajstić information content (AvgIpc) is 3.04. The summed E-state index contributed by atoms with van der Waals surface area (Å²) >= 11 is 0. The van der Waals surface area contributed by atoms with E-state index in [2.05, 4.69) is 22.4 Å². The summed E-state index contributed by atoms with van der Waals surface area (Å²) in [6.45, 7) is 5.16. The quantitative estimate of drug-likeness (QED) is 0.679. The van der Waals surface area contributed by atoms with Crippen molar-refractivity contribution in [1.29, 1.82) is 0 Å². The van der Waals surface area contributed by atoms with E-state index < -0.39 is 0 Å². The lowest BCUT2D eigenvalue weighted by Crippen LogP contribution is -2.20. The van der Waals surface area contributed by atoms with Crippen LogP contribution in [0.15, 0.2) is 4.52 Å². The minimum Gasteiger partial charge on any atom is -0.370 e. The zero-order chi connectivity index (χ0) is 11.2. The smallest absolute Gasteiger partial charge is 0.252 e. The van der Waals surface area contributed by atoms with Gasteiger partial charge in [0, 0.05) is 12.5 Å². The number of aromatic nitrogens is 2. The summed E-state index contributed by atoms with van der Waals surface area (Å²) in [7, 11) is 0. The van der Waals surface area contributed by atoms with E-state index >= 15 is 0 Å². The van der Waals surface area contributed by atoms with Crippen LogP contribution in [0.1, 0.15) is 43.8 Å². The molecule has 0 unspecified atom stereocenters. The summed E-state index contributed by atoms with van der Waals surface area (Å²) < 4.78 is 10.5. The maximum absolute atomic E-state index is 5.42. The van der Waals surface area contributed by atoms with Crippen LogP contribution in [0.5, 0.6) is 0 Å². The van der Waals surface area contributed by atoms with E-state index in [1.165, 1.54) is 12.8 Å². The normalized spacial score (nSPS) is 15.6. The van der Waals surface area contributed by atoms with Crippen molar-refractivity contribution in [2.75, 3.05) is 19.7 Å². The standard InChI is InChI=1S/C11H19N3O2/c1-2-5-12-6-7-15-8-10-13-11(14-16-10)9-3-4-9/h9,12H,2-8H2,1H3. The van der Waals surface area contributed by atoms with Crippen LogP contribution in [0.3, 0.4) is 0 Å². The first-order chi connectivity index (χ1) is 7.90. The fraction of sp³-hybridized carbons (Fsp3) is 0.818. The fourth-order valence-corrected chi connectivity index (χ4v) is 1.44. The van der Waals surface area contributed by atoms with Gasteiger partial charge >= 0.3 is 0 Å². The molecule has 0 aliphatic heterocycles. The van der Waals surface area contributed by atoms with Gasteiger partial charge in [0.05, 0.1) is 6.61 Å². The summed E-state index contributed by atoms with van der Waals surface area (Å²) in [4.78, 5) is 4.28. The Hall–Kier alpha value is -0.940. The highest BCUT2D eigenvalue weighted by Gasteiger charge is 2.28. The van der Waals surface area contributed by atoms with E-state index in [1.807, 2.05) is 0 Å². The van der Waals surface area contributed by atoms with Gasteiger partial charge in [0.15, 0.2) is 5.82 Å². The minimum atomic E-state index is 0.424. The SMILES string of the molecule is CCCNCCOCc1nc(C2CC2)no1. The van der Waals surface area contributed by atoms with E-state index in [-0.39, 0.29) is 0 Å². The van der Waals surface area contributed by atoms with Gasteiger partial charge in [0.1, 0.15) is 6.61 Å². The van der Waals surface area contributed by atoms with Crippen LogP contribution in [0.4, 0.5) is 0 Å². The second kappa shape index (κ2) is 5.96. The molecule has 1 aliphatic carbocycles. The van der Waals surface area contributed by atoms with Gasteiger partial charge < -0.3 is 14.6 Å². The summed E-state index contributed by atoms with van der Waals surface area (Å²) in [6.07, 6.45) is 3.54. The molecule has 0 amide bonds. The van der Waals surface area contributed by atoms with Gasteiger partial charge in [-0.25, -0.2) is 0 Å². The van der Waals surface area contributed by atoms with E-state index in [4.69, 9.17) is 9.26 Å². The van der Waals surface area contributed by atoms with Crippen molar-refractivity contribution in [2.24, 2.45) is 0 Å². The molecule has 1 aromatic heterocycles. The Morgan fingerprint density at radius 3 is 3.06 bits per heavy atom. The zero-order valence-electron chi connectivity index (χ0n) is 9.74. The van der Waals surface area contributed by atoms with Crippen molar-refractivity contribution in [3.05, 3.63) is 11.7 Å². The van der Waals surface area contributed by atoms with Crippen molar-refractivity contribution in [2.45, 2.75) is 38.7 Å². The van der Waals surface area contributed by atoms with Gasteiger partial charge in [0.25, 0.3) is 5.89 Å². The molecule has 0 saturated heterocycles. The number of hydrogen-bond acceptors (Lipinski definition) is 5. The Kier molecular flexibility index (Phi) is 4.30. The molecule has 0 atom stereocenters. The van der Waals surface area contributed by atoms with E-state index in [0.717, 1.165) is 25.3 Å². The molecule has 1 heterocycles. The number of nitrogens with one attached hydrogen (secondary N) is 1. The minimum absolute atomic E-state index is 0.424. The van der Waals surface area contributed by atoms with Gasteiger partial charge in [0.2, 0.25) is 0 Å². The highest BCUT2D eigenvalue weighted by molar-refractivity contribution is 5.02. The van der Waals surface area contributed by atoms with Crippen molar-refractivity contribution >= 4 is 0 Å². The third-order valence-corrected chi connectivity index (χ3v) is 2.50. The van der Waals surface area contributed by atoms with Gasteiger partial charge in [-0.2, -0.15) is 4.98 Å². The van der Waals surface area contributed by atoms with Gasteiger partial charge in [-0.05, 0) is 25.8 Å². The lowest BCUT2D eigenvalue weighted by atomic mass is 10.4. The molecule has 1 fully saturated rings. The average molecular weight is 225 g/mol. The van der Waals surface area contributed by atoms with Crippen molar-refractivity contribution in [3.8, 4) is 0 Å². The van der Waals surface area contributed by atoms with Crippen molar-refractivity contribution < 1.29 is 9.26 Å². The Balaban J connectivity index is 1.57. The summed E-state index contributed by atoms with van der Waals surface area (Å²) in [6, 6.07) is 0.